The molecule has 0 aliphatic carbocycles. The van der Waals surface area contributed by atoms with Gasteiger partial charge in [-0.1, -0.05) is 18.5 Å². The zero-order chi connectivity index (χ0) is 19.4. The van der Waals surface area contributed by atoms with Crippen molar-refractivity contribution in [2.75, 3.05) is 13.1 Å². The summed E-state index contributed by atoms with van der Waals surface area (Å²) in [5.41, 5.74) is 0.582. The Hall–Kier alpha value is -2.26. The second kappa shape index (κ2) is 8.18. The lowest BCUT2D eigenvalue weighted by molar-refractivity contribution is 0.0895. The van der Waals surface area contributed by atoms with Crippen LogP contribution >= 0.6 is 0 Å². The molecule has 27 heavy (non-hydrogen) atoms. The molecule has 2 aromatic rings. The van der Waals surface area contributed by atoms with Gasteiger partial charge in [-0.15, -0.1) is 0 Å². The molecule has 1 saturated heterocycles. The number of piperidine rings is 1. The normalized spacial score (nSPS) is 16.8. The molecule has 0 radical (unpaired) electrons. The number of hydrogen-bond acceptors (Lipinski definition) is 6. The fraction of sp³-hybridized carbons (Fsp3) is 0.500. The molecule has 1 aromatic carbocycles. The van der Waals surface area contributed by atoms with Crippen molar-refractivity contribution < 1.29 is 17.7 Å². The van der Waals surface area contributed by atoms with Crippen molar-refractivity contribution in [1.82, 2.24) is 19.8 Å². The molecule has 1 aliphatic rings. The van der Waals surface area contributed by atoms with Crippen molar-refractivity contribution in [3.8, 4) is 11.4 Å². The highest BCUT2D eigenvalue weighted by Gasteiger charge is 2.26. The molecule has 0 spiro atoms. The zero-order valence-corrected chi connectivity index (χ0v) is 16.3. The monoisotopic (exact) mass is 392 g/mol. The van der Waals surface area contributed by atoms with E-state index < -0.39 is 15.9 Å². The van der Waals surface area contributed by atoms with E-state index in [9.17, 15) is 13.2 Å². The third-order valence-electron chi connectivity index (χ3n) is 4.68. The summed E-state index contributed by atoms with van der Waals surface area (Å²) in [7, 11) is -3.48. The minimum absolute atomic E-state index is 0.00660. The summed E-state index contributed by atoms with van der Waals surface area (Å²) in [6.07, 6.45) is 3.64. The number of amides is 1. The van der Waals surface area contributed by atoms with Crippen LogP contribution in [0.5, 0.6) is 0 Å². The topological polar surface area (TPSA) is 105 Å². The Labute approximate surface area is 159 Å². The van der Waals surface area contributed by atoms with E-state index in [1.165, 1.54) is 16.4 Å². The van der Waals surface area contributed by atoms with Crippen molar-refractivity contribution >= 4 is 15.9 Å². The first-order valence-electron chi connectivity index (χ1n) is 9.17. The van der Waals surface area contributed by atoms with Gasteiger partial charge in [0.15, 0.2) is 0 Å². The Morgan fingerprint density at radius 1 is 1.22 bits per heavy atom. The Kier molecular flexibility index (Phi) is 5.91. The summed E-state index contributed by atoms with van der Waals surface area (Å²) >= 11 is 0. The van der Waals surface area contributed by atoms with Gasteiger partial charge in [-0.3, -0.25) is 4.79 Å². The molecule has 9 heteroatoms. The fourth-order valence-electron chi connectivity index (χ4n) is 2.85. The highest BCUT2D eigenvalue weighted by atomic mass is 32.2. The lowest BCUT2D eigenvalue weighted by Gasteiger charge is -2.25. The Balaban J connectivity index is 1.75. The van der Waals surface area contributed by atoms with E-state index in [2.05, 4.69) is 15.5 Å². The number of aromatic nitrogens is 2. The molecule has 1 atom stereocenters. The third kappa shape index (κ3) is 4.36. The van der Waals surface area contributed by atoms with Crippen molar-refractivity contribution in [2.24, 2.45) is 0 Å². The molecule has 146 valence electrons. The SMILES string of the molecule is CCC(C)NC(=O)c1nc(-c2ccc(S(=O)(=O)N3CCCCC3)cc2)no1. The van der Waals surface area contributed by atoms with Gasteiger partial charge in [0.05, 0.1) is 4.90 Å². The maximum absolute atomic E-state index is 12.7. The first-order valence-corrected chi connectivity index (χ1v) is 10.6. The Morgan fingerprint density at radius 2 is 1.89 bits per heavy atom. The summed E-state index contributed by atoms with van der Waals surface area (Å²) in [4.78, 5) is 16.4. The number of rotatable bonds is 6. The number of carbonyl (C=O) groups excluding carboxylic acids is 1. The van der Waals surface area contributed by atoms with E-state index in [1.807, 2.05) is 13.8 Å². The number of sulfonamides is 1. The molecule has 1 fully saturated rings. The maximum atomic E-state index is 12.7. The van der Waals surface area contributed by atoms with Crippen LogP contribution < -0.4 is 5.32 Å². The average molecular weight is 392 g/mol. The van der Waals surface area contributed by atoms with Crippen LogP contribution in [0.15, 0.2) is 33.7 Å². The maximum Gasteiger partial charge on any atom is 0.316 e. The molecule has 1 aromatic heterocycles. The molecule has 3 rings (SSSR count). The first-order chi connectivity index (χ1) is 12.9. The largest absolute Gasteiger partial charge is 0.345 e. The van der Waals surface area contributed by atoms with Gasteiger partial charge in [0.1, 0.15) is 0 Å². The van der Waals surface area contributed by atoms with E-state index in [4.69, 9.17) is 4.52 Å². The molecule has 1 N–H and O–H groups in total. The summed E-state index contributed by atoms with van der Waals surface area (Å²) in [6.45, 7) is 4.97. The van der Waals surface area contributed by atoms with Gasteiger partial charge in [0.2, 0.25) is 15.8 Å². The molecular weight excluding hydrogens is 368 g/mol. The van der Waals surface area contributed by atoms with Gasteiger partial charge >= 0.3 is 11.8 Å². The van der Waals surface area contributed by atoms with Crippen molar-refractivity contribution in [3.05, 3.63) is 30.2 Å². The van der Waals surface area contributed by atoms with Crippen LogP contribution in [0.3, 0.4) is 0 Å². The standard InChI is InChI=1S/C18H24N4O4S/c1-3-13(2)19-17(23)18-20-16(21-26-18)14-7-9-15(10-8-14)27(24,25)22-11-5-4-6-12-22/h7-10,13H,3-6,11-12H2,1-2H3,(H,19,23). The molecule has 2 heterocycles. The van der Waals surface area contributed by atoms with Crippen LogP contribution in [0.2, 0.25) is 0 Å². The lowest BCUT2D eigenvalue weighted by Crippen LogP contribution is -2.35. The predicted octanol–water partition coefficient (Wildman–Crippen LogP) is 2.44. The molecular formula is C18H24N4O4S. The zero-order valence-electron chi connectivity index (χ0n) is 15.5. The minimum Gasteiger partial charge on any atom is -0.345 e. The molecule has 1 unspecified atom stereocenters. The van der Waals surface area contributed by atoms with Gasteiger partial charge in [-0.05, 0) is 50.5 Å². The Morgan fingerprint density at radius 3 is 2.52 bits per heavy atom. The van der Waals surface area contributed by atoms with E-state index in [-0.39, 0.29) is 22.7 Å². The van der Waals surface area contributed by atoms with Crippen LogP contribution in [0.25, 0.3) is 11.4 Å². The predicted molar refractivity (Wildman–Crippen MR) is 99.6 cm³/mol. The van der Waals surface area contributed by atoms with Crippen LogP contribution in [0, 0.1) is 0 Å². The van der Waals surface area contributed by atoms with Gasteiger partial charge in [0, 0.05) is 24.7 Å². The molecule has 0 saturated carbocycles. The van der Waals surface area contributed by atoms with E-state index in [0.717, 1.165) is 25.7 Å². The Bertz CT molecular complexity index is 886. The molecule has 0 bridgehead atoms. The van der Waals surface area contributed by atoms with E-state index in [0.29, 0.717) is 18.7 Å². The summed E-state index contributed by atoms with van der Waals surface area (Å²) in [6, 6.07) is 6.33. The minimum atomic E-state index is -3.48. The van der Waals surface area contributed by atoms with Crippen LogP contribution in [-0.4, -0.2) is 47.9 Å². The van der Waals surface area contributed by atoms with Gasteiger partial charge in [-0.2, -0.15) is 9.29 Å². The molecule has 1 amide bonds. The van der Waals surface area contributed by atoms with E-state index >= 15 is 0 Å². The average Bonchev–Trinajstić information content (AvgIpc) is 3.19. The van der Waals surface area contributed by atoms with Crippen molar-refractivity contribution in [2.45, 2.75) is 50.5 Å². The van der Waals surface area contributed by atoms with Crippen molar-refractivity contribution in [3.63, 3.8) is 0 Å². The number of nitrogens with zero attached hydrogens (tertiary/aromatic N) is 3. The lowest BCUT2D eigenvalue weighted by atomic mass is 10.2. The highest BCUT2D eigenvalue weighted by molar-refractivity contribution is 7.89. The third-order valence-corrected chi connectivity index (χ3v) is 6.59. The second-order valence-corrected chi connectivity index (χ2v) is 8.63. The number of nitrogens with one attached hydrogen (secondary N) is 1. The van der Waals surface area contributed by atoms with Gasteiger partial charge in [0.25, 0.3) is 0 Å². The summed E-state index contributed by atoms with van der Waals surface area (Å²) < 4.78 is 31.9. The van der Waals surface area contributed by atoms with Crippen molar-refractivity contribution in [1.29, 1.82) is 0 Å². The smallest absolute Gasteiger partial charge is 0.316 e. The number of benzene rings is 1. The molecule has 1 aliphatic heterocycles. The van der Waals surface area contributed by atoms with Crippen LogP contribution in [0.4, 0.5) is 0 Å². The van der Waals surface area contributed by atoms with E-state index in [1.54, 1.807) is 12.1 Å². The summed E-state index contributed by atoms with van der Waals surface area (Å²) in [5, 5.41) is 6.57. The quantitative estimate of drug-likeness (QED) is 0.809. The number of hydrogen-bond donors (Lipinski definition) is 1. The first kappa shape index (κ1) is 19.5. The molecule has 8 nitrogen and oxygen atoms in total. The van der Waals surface area contributed by atoms with Gasteiger partial charge < -0.3 is 9.84 Å². The summed E-state index contributed by atoms with van der Waals surface area (Å²) in [5.74, 6) is -0.297. The second-order valence-electron chi connectivity index (χ2n) is 6.70. The van der Waals surface area contributed by atoms with Crippen LogP contribution in [-0.2, 0) is 10.0 Å². The number of carbonyl (C=O) groups is 1. The van der Waals surface area contributed by atoms with Gasteiger partial charge in [-0.25, -0.2) is 8.42 Å². The highest BCUT2D eigenvalue weighted by Crippen LogP contribution is 2.23. The fourth-order valence-corrected chi connectivity index (χ4v) is 4.37. The van der Waals surface area contributed by atoms with Crippen LogP contribution in [0.1, 0.15) is 50.2 Å².